The lowest BCUT2D eigenvalue weighted by Crippen LogP contribution is -2.38. The molecule has 0 aliphatic rings. The fraction of sp³-hybridized carbons (Fsp3) is 0.667. The van der Waals surface area contributed by atoms with Crippen molar-refractivity contribution < 1.29 is 14.1 Å². The number of amides is 2. The number of aromatic nitrogens is 1. The summed E-state index contributed by atoms with van der Waals surface area (Å²) in [6.45, 7) is 4.86. The van der Waals surface area contributed by atoms with Gasteiger partial charge in [0.25, 0.3) is 0 Å². The van der Waals surface area contributed by atoms with Crippen LogP contribution in [-0.2, 0) is 9.59 Å². The van der Waals surface area contributed by atoms with Gasteiger partial charge in [-0.3, -0.25) is 9.59 Å². The van der Waals surface area contributed by atoms with Gasteiger partial charge in [-0.2, -0.15) is 0 Å². The number of hydrogen-bond acceptors (Lipinski definition) is 4. The molecule has 0 unspecified atom stereocenters. The van der Waals surface area contributed by atoms with Gasteiger partial charge in [-0.25, -0.2) is 0 Å². The third-order valence-electron chi connectivity index (χ3n) is 3.17. The number of carbonyl (C=O) groups excluding carboxylic acids is 2. The van der Waals surface area contributed by atoms with Crippen LogP contribution in [0.3, 0.4) is 0 Å². The van der Waals surface area contributed by atoms with Gasteiger partial charge in [-0.05, 0) is 12.8 Å². The second-order valence-corrected chi connectivity index (χ2v) is 5.06. The first-order chi connectivity index (χ1) is 10.2. The maximum absolute atomic E-state index is 12.1. The van der Waals surface area contributed by atoms with E-state index in [2.05, 4.69) is 21.9 Å². The van der Waals surface area contributed by atoms with E-state index in [-0.39, 0.29) is 18.4 Å². The first-order valence-corrected chi connectivity index (χ1v) is 7.65. The molecule has 0 fully saturated rings. The molecule has 1 aromatic rings. The van der Waals surface area contributed by atoms with Crippen LogP contribution in [0, 0.1) is 0 Å². The van der Waals surface area contributed by atoms with Gasteiger partial charge in [0.15, 0.2) is 5.82 Å². The highest BCUT2D eigenvalue weighted by atomic mass is 16.5. The molecule has 1 N–H and O–H groups in total. The largest absolute Gasteiger partial charge is 0.363 e. The van der Waals surface area contributed by atoms with Crippen LogP contribution < -0.4 is 5.32 Å². The van der Waals surface area contributed by atoms with Crippen LogP contribution in [-0.4, -0.2) is 35.0 Å². The molecule has 0 radical (unpaired) electrons. The minimum Gasteiger partial charge on any atom is -0.363 e. The van der Waals surface area contributed by atoms with E-state index in [1.54, 1.807) is 11.0 Å². The first kappa shape index (κ1) is 17.2. The molecule has 118 valence electrons. The maximum Gasteiger partial charge on any atom is 0.245 e. The van der Waals surface area contributed by atoms with Gasteiger partial charge in [0, 0.05) is 19.0 Å². The summed E-state index contributed by atoms with van der Waals surface area (Å²) in [6.07, 6.45) is 6.78. The molecule has 2 amide bonds. The number of anilines is 1. The monoisotopic (exact) mass is 295 g/mol. The molecule has 0 aromatic carbocycles. The zero-order chi connectivity index (χ0) is 15.5. The number of rotatable bonds is 10. The fourth-order valence-corrected chi connectivity index (χ4v) is 1.96. The van der Waals surface area contributed by atoms with Crippen molar-refractivity contribution in [3.05, 3.63) is 12.3 Å². The first-order valence-electron chi connectivity index (χ1n) is 7.65. The summed E-state index contributed by atoms with van der Waals surface area (Å²) < 4.78 is 4.66. The number of nitrogens with one attached hydrogen (secondary N) is 1. The van der Waals surface area contributed by atoms with Crippen LogP contribution in [0.5, 0.6) is 0 Å². The summed E-state index contributed by atoms with van der Waals surface area (Å²) in [6, 6.07) is 1.57. The van der Waals surface area contributed by atoms with E-state index in [1.165, 1.54) is 6.26 Å². The second kappa shape index (κ2) is 9.96. The normalized spacial score (nSPS) is 10.4. The van der Waals surface area contributed by atoms with E-state index >= 15 is 0 Å². The molecule has 0 aliphatic carbocycles. The number of nitrogens with zero attached hydrogens (tertiary/aromatic N) is 2. The zero-order valence-corrected chi connectivity index (χ0v) is 12.9. The van der Waals surface area contributed by atoms with Crippen LogP contribution >= 0.6 is 0 Å². The molecule has 1 aromatic heterocycles. The molecule has 1 heterocycles. The van der Waals surface area contributed by atoms with E-state index in [0.29, 0.717) is 18.8 Å². The van der Waals surface area contributed by atoms with Crippen molar-refractivity contribution >= 4 is 17.6 Å². The van der Waals surface area contributed by atoms with Crippen LogP contribution in [0.1, 0.15) is 52.4 Å². The van der Waals surface area contributed by atoms with Crippen molar-refractivity contribution in [2.45, 2.75) is 52.4 Å². The van der Waals surface area contributed by atoms with Crippen molar-refractivity contribution in [2.75, 3.05) is 18.4 Å². The molecule has 0 bridgehead atoms. The Bertz CT molecular complexity index is 418. The van der Waals surface area contributed by atoms with Gasteiger partial charge in [0.1, 0.15) is 6.26 Å². The lowest BCUT2D eigenvalue weighted by atomic mass is 10.2. The summed E-state index contributed by atoms with van der Waals surface area (Å²) >= 11 is 0. The van der Waals surface area contributed by atoms with Crippen LogP contribution in [0.2, 0.25) is 0 Å². The van der Waals surface area contributed by atoms with Gasteiger partial charge in [-0.15, -0.1) is 0 Å². The Kier molecular flexibility index (Phi) is 8.16. The van der Waals surface area contributed by atoms with Crippen LogP contribution in [0.4, 0.5) is 5.82 Å². The predicted molar refractivity (Wildman–Crippen MR) is 80.8 cm³/mol. The Balaban J connectivity index is 2.49. The Morgan fingerprint density at radius 3 is 2.62 bits per heavy atom. The Hall–Kier alpha value is -1.85. The number of carbonyl (C=O) groups is 2. The van der Waals surface area contributed by atoms with Crippen molar-refractivity contribution in [3.8, 4) is 0 Å². The molecular formula is C15H25N3O3. The Morgan fingerprint density at radius 2 is 2.00 bits per heavy atom. The highest BCUT2D eigenvalue weighted by molar-refractivity contribution is 5.93. The zero-order valence-electron chi connectivity index (χ0n) is 12.9. The summed E-state index contributed by atoms with van der Waals surface area (Å²) in [5, 5.41) is 6.24. The average Bonchev–Trinajstić information content (AvgIpc) is 2.96. The molecule has 0 saturated heterocycles. The molecule has 6 heteroatoms. The molecule has 0 spiro atoms. The molecule has 6 nitrogen and oxygen atoms in total. The minimum atomic E-state index is -0.245. The SMILES string of the molecule is CCCCCN(CC(=O)Nc1ccon1)C(=O)CCCC. The predicted octanol–water partition coefficient (Wildman–Crippen LogP) is 2.82. The lowest BCUT2D eigenvalue weighted by molar-refractivity contribution is -0.134. The lowest BCUT2D eigenvalue weighted by Gasteiger charge is -2.22. The van der Waals surface area contributed by atoms with Crippen molar-refractivity contribution in [3.63, 3.8) is 0 Å². The third kappa shape index (κ3) is 6.92. The minimum absolute atomic E-state index is 0.0447. The van der Waals surface area contributed by atoms with Gasteiger partial charge >= 0.3 is 0 Å². The van der Waals surface area contributed by atoms with Gasteiger partial charge < -0.3 is 14.7 Å². The quantitative estimate of drug-likeness (QED) is 0.673. The van der Waals surface area contributed by atoms with Gasteiger partial charge in [0.05, 0.1) is 6.54 Å². The van der Waals surface area contributed by atoms with Crippen molar-refractivity contribution in [2.24, 2.45) is 0 Å². The van der Waals surface area contributed by atoms with E-state index < -0.39 is 0 Å². The third-order valence-corrected chi connectivity index (χ3v) is 3.17. The van der Waals surface area contributed by atoms with Gasteiger partial charge in [-0.1, -0.05) is 38.3 Å². The highest BCUT2D eigenvalue weighted by Gasteiger charge is 2.16. The molecule has 1 rings (SSSR count). The standard InChI is InChI=1S/C15H25N3O3/c1-3-5-7-10-18(15(20)8-6-4-2)12-14(19)16-13-9-11-21-17-13/h9,11H,3-8,10,12H2,1-2H3,(H,16,17,19). The maximum atomic E-state index is 12.1. The number of unbranched alkanes of at least 4 members (excludes halogenated alkanes) is 3. The van der Waals surface area contributed by atoms with Crippen LogP contribution in [0.15, 0.2) is 16.9 Å². The summed E-state index contributed by atoms with van der Waals surface area (Å²) in [4.78, 5) is 25.7. The van der Waals surface area contributed by atoms with E-state index in [1.807, 2.05) is 6.92 Å². The fourth-order valence-electron chi connectivity index (χ4n) is 1.96. The molecule has 0 saturated carbocycles. The van der Waals surface area contributed by atoms with Gasteiger partial charge in [0.2, 0.25) is 11.8 Å². The van der Waals surface area contributed by atoms with Crippen LogP contribution in [0.25, 0.3) is 0 Å². The van der Waals surface area contributed by atoms with E-state index in [9.17, 15) is 9.59 Å². The van der Waals surface area contributed by atoms with E-state index in [0.717, 1.165) is 32.1 Å². The molecule has 0 atom stereocenters. The summed E-state index contributed by atoms with van der Waals surface area (Å²) in [7, 11) is 0. The Morgan fingerprint density at radius 1 is 1.24 bits per heavy atom. The van der Waals surface area contributed by atoms with Crippen molar-refractivity contribution in [1.82, 2.24) is 10.1 Å². The highest BCUT2D eigenvalue weighted by Crippen LogP contribution is 2.06. The molecular weight excluding hydrogens is 270 g/mol. The van der Waals surface area contributed by atoms with E-state index in [4.69, 9.17) is 0 Å². The Labute approximate surface area is 125 Å². The molecule has 21 heavy (non-hydrogen) atoms. The summed E-state index contributed by atoms with van der Waals surface area (Å²) in [5.41, 5.74) is 0. The van der Waals surface area contributed by atoms with Crippen molar-refractivity contribution in [1.29, 1.82) is 0 Å². The molecule has 0 aliphatic heterocycles. The smallest absolute Gasteiger partial charge is 0.245 e. The summed E-state index contributed by atoms with van der Waals surface area (Å²) in [5.74, 6) is 0.169. The average molecular weight is 295 g/mol. The second-order valence-electron chi connectivity index (χ2n) is 5.06. The number of hydrogen-bond donors (Lipinski definition) is 1. The topological polar surface area (TPSA) is 75.4 Å².